The second-order valence-corrected chi connectivity index (χ2v) is 8.15. The minimum atomic E-state index is -4.04. The zero-order chi connectivity index (χ0) is 20.8. The average Bonchev–Trinajstić information content (AvgIpc) is 2.76. The molecule has 0 spiro atoms. The molecule has 4 nitrogen and oxygen atoms in total. The van der Waals surface area contributed by atoms with Crippen molar-refractivity contribution in [2.75, 3.05) is 0 Å². The molecule has 0 amide bonds. The first-order valence-electron chi connectivity index (χ1n) is 9.56. The van der Waals surface area contributed by atoms with Gasteiger partial charge in [-0.05, 0) is 42.8 Å². The first kappa shape index (κ1) is 19.8. The molecule has 0 atom stereocenters. The summed E-state index contributed by atoms with van der Waals surface area (Å²) in [6.45, 7) is 2.03. The number of rotatable bonds is 7. The summed E-state index contributed by atoms with van der Waals surface area (Å²) in [4.78, 5) is 0. The predicted molar refractivity (Wildman–Crippen MR) is 119 cm³/mol. The summed E-state index contributed by atoms with van der Waals surface area (Å²) in [7, 11) is -4.04. The highest BCUT2D eigenvalue weighted by molar-refractivity contribution is 7.49. The fourth-order valence-corrected chi connectivity index (χ4v) is 4.19. The third kappa shape index (κ3) is 4.91. The first-order valence-corrected chi connectivity index (χ1v) is 11.0. The summed E-state index contributed by atoms with van der Waals surface area (Å²) in [5.74, 6) is 1.20. The van der Waals surface area contributed by atoms with Gasteiger partial charge < -0.3 is 13.6 Å². The number of para-hydroxylation sites is 3. The van der Waals surface area contributed by atoms with Crippen molar-refractivity contribution in [3.8, 4) is 28.4 Å². The van der Waals surface area contributed by atoms with Gasteiger partial charge in [-0.2, -0.15) is 4.57 Å². The van der Waals surface area contributed by atoms with Crippen LogP contribution < -0.4 is 13.6 Å². The average molecular weight is 416 g/mol. The molecule has 4 aromatic rings. The summed E-state index contributed by atoms with van der Waals surface area (Å²) < 4.78 is 31.1. The standard InChI is InChI=1S/C25H21O4P/c1-20-16-18-21(19-17-20)24-14-8-9-15-25(24)29-30(26,27-22-10-4-2-5-11-22)28-23-12-6-3-7-13-23/h2-19H,1H3. The normalized spacial score (nSPS) is 11.0. The molecule has 0 unspecified atom stereocenters. The van der Waals surface area contributed by atoms with Gasteiger partial charge in [0.25, 0.3) is 0 Å². The van der Waals surface area contributed by atoms with Crippen LogP contribution in [0.5, 0.6) is 17.2 Å². The summed E-state index contributed by atoms with van der Waals surface area (Å²) in [5, 5.41) is 0. The van der Waals surface area contributed by atoms with E-state index in [-0.39, 0.29) is 0 Å². The lowest BCUT2D eigenvalue weighted by Crippen LogP contribution is -2.08. The van der Waals surface area contributed by atoms with Gasteiger partial charge in [-0.3, -0.25) is 0 Å². The van der Waals surface area contributed by atoms with Gasteiger partial charge in [0.2, 0.25) is 0 Å². The molecular formula is C25H21O4P. The Balaban J connectivity index is 1.70. The van der Waals surface area contributed by atoms with Crippen molar-refractivity contribution >= 4 is 7.82 Å². The second kappa shape index (κ2) is 8.89. The minimum absolute atomic E-state index is 0.393. The topological polar surface area (TPSA) is 44.8 Å². The van der Waals surface area contributed by atoms with Crippen LogP contribution in [-0.2, 0) is 4.57 Å². The molecule has 0 heterocycles. The van der Waals surface area contributed by atoms with E-state index in [0.717, 1.165) is 16.7 Å². The third-order valence-corrected chi connectivity index (χ3v) is 5.67. The molecule has 30 heavy (non-hydrogen) atoms. The second-order valence-electron chi connectivity index (χ2n) is 6.71. The zero-order valence-corrected chi connectivity index (χ0v) is 17.4. The van der Waals surface area contributed by atoms with E-state index in [4.69, 9.17) is 13.6 Å². The molecule has 4 rings (SSSR count). The lowest BCUT2D eigenvalue weighted by atomic mass is 10.0. The molecule has 0 fully saturated rings. The molecule has 0 aliphatic rings. The van der Waals surface area contributed by atoms with Crippen LogP contribution in [0.2, 0.25) is 0 Å². The van der Waals surface area contributed by atoms with Crippen LogP contribution in [0.15, 0.2) is 109 Å². The van der Waals surface area contributed by atoms with Gasteiger partial charge in [0.05, 0.1) is 0 Å². The number of hydrogen-bond donors (Lipinski definition) is 0. The Bertz CT molecular complexity index is 1100. The number of benzene rings is 4. The highest BCUT2D eigenvalue weighted by Crippen LogP contribution is 2.51. The monoisotopic (exact) mass is 416 g/mol. The van der Waals surface area contributed by atoms with E-state index in [1.54, 1.807) is 54.6 Å². The summed E-state index contributed by atoms with van der Waals surface area (Å²) in [6, 6.07) is 33.1. The van der Waals surface area contributed by atoms with Gasteiger partial charge in [-0.25, -0.2) is 0 Å². The maximum atomic E-state index is 13.7. The third-order valence-electron chi connectivity index (χ3n) is 4.38. The molecule has 5 heteroatoms. The Morgan fingerprint density at radius 2 is 1.07 bits per heavy atom. The molecule has 0 saturated heterocycles. The van der Waals surface area contributed by atoms with Crippen LogP contribution in [0.1, 0.15) is 5.56 Å². The molecule has 0 N–H and O–H groups in total. The fraction of sp³-hybridized carbons (Fsp3) is 0.0400. The highest BCUT2D eigenvalue weighted by atomic mass is 31.2. The van der Waals surface area contributed by atoms with E-state index < -0.39 is 7.82 Å². The lowest BCUT2D eigenvalue weighted by Gasteiger charge is -2.21. The largest absolute Gasteiger partial charge is 0.647 e. The summed E-state index contributed by atoms with van der Waals surface area (Å²) >= 11 is 0. The van der Waals surface area contributed by atoms with Crippen molar-refractivity contribution < 1.29 is 18.1 Å². The van der Waals surface area contributed by atoms with E-state index in [2.05, 4.69) is 0 Å². The maximum absolute atomic E-state index is 13.7. The van der Waals surface area contributed by atoms with Gasteiger partial charge in [0, 0.05) is 5.56 Å². The van der Waals surface area contributed by atoms with Crippen LogP contribution in [0.3, 0.4) is 0 Å². The molecular weight excluding hydrogens is 395 g/mol. The van der Waals surface area contributed by atoms with Crippen LogP contribution in [0, 0.1) is 6.92 Å². The van der Waals surface area contributed by atoms with Crippen LogP contribution >= 0.6 is 7.82 Å². The van der Waals surface area contributed by atoms with E-state index in [1.807, 2.05) is 61.5 Å². The van der Waals surface area contributed by atoms with Crippen molar-refractivity contribution in [2.24, 2.45) is 0 Å². The number of aryl methyl sites for hydroxylation is 1. The van der Waals surface area contributed by atoms with E-state index in [0.29, 0.717) is 17.2 Å². The van der Waals surface area contributed by atoms with E-state index in [1.165, 1.54) is 0 Å². The molecule has 0 radical (unpaired) electrons. The van der Waals surface area contributed by atoms with Gasteiger partial charge in [0.1, 0.15) is 17.2 Å². The Labute approximate surface area is 176 Å². The minimum Gasteiger partial charge on any atom is -0.386 e. The number of phosphoric acid groups is 1. The molecule has 0 aromatic heterocycles. The number of phosphoric ester groups is 1. The zero-order valence-electron chi connectivity index (χ0n) is 16.5. The Hall–Kier alpha value is -3.49. The predicted octanol–water partition coefficient (Wildman–Crippen LogP) is 7.31. The molecule has 0 aliphatic heterocycles. The SMILES string of the molecule is Cc1ccc(-c2ccccc2OP(=O)(Oc2ccccc2)Oc2ccccc2)cc1. The van der Waals surface area contributed by atoms with Gasteiger partial charge in [-0.15, -0.1) is 0 Å². The Morgan fingerprint density at radius 1 is 0.567 bits per heavy atom. The van der Waals surface area contributed by atoms with Gasteiger partial charge in [-0.1, -0.05) is 84.4 Å². The maximum Gasteiger partial charge on any atom is 0.647 e. The lowest BCUT2D eigenvalue weighted by molar-refractivity contribution is 0.299. The molecule has 0 saturated carbocycles. The summed E-state index contributed by atoms with van der Waals surface area (Å²) in [6.07, 6.45) is 0. The Morgan fingerprint density at radius 3 is 1.63 bits per heavy atom. The van der Waals surface area contributed by atoms with Crippen molar-refractivity contribution in [2.45, 2.75) is 6.92 Å². The fourth-order valence-electron chi connectivity index (χ4n) is 2.92. The molecule has 150 valence electrons. The molecule has 0 aliphatic carbocycles. The quantitative estimate of drug-likeness (QED) is 0.296. The van der Waals surface area contributed by atoms with Crippen molar-refractivity contribution in [1.82, 2.24) is 0 Å². The van der Waals surface area contributed by atoms with Gasteiger partial charge >= 0.3 is 7.82 Å². The first-order chi connectivity index (χ1) is 14.6. The Kier molecular flexibility index (Phi) is 5.87. The van der Waals surface area contributed by atoms with Crippen molar-refractivity contribution in [3.05, 3.63) is 115 Å². The van der Waals surface area contributed by atoms with Crippen LogP contribution in [0.25, 0.3) is 11.1 Å². The van der Waals surface area contributed by atoms with E-state index in [9.17, 15) is 4.57 Å². The van der Waals surface area contributed by atoms with E-state index >= 15 is 0 Å². The van der Waals surface area contributed by atoms with Crippen LogP contribution in [0.4, 0.5) is 0 Å². The van der Waals surface area contributed by atoms with Crippen molar-refractivity contribution in [3.63, 3.8) is 0 Å². The number of hydrogen-bond acceptors (Lipinski definition) is 4. The highest BCUT2D eigenvalue weighted by Gasteiger charge is 2.34. The van der Waals surface area contributed by atoms with Crippen molar-refractivity contribution in [1.29, 1.82) is 0 Å². The van der Waals surface area contributed by atoms with Gasteiger partial charge in [0.15, 0.2) is 0 Å². The molecule has 0 bridgehead atoms. The smallest absolute Gasteiger partial charge is 0.386 e. The molecule has 4 aromatic carbocycles. The summed E-state index contributed by atoms with van der Waals surface area (Å²) in [5.41, 5.74) is 2.90. The van der Waals surface area contributed by atoms with Crippen LogP contribution in [-0.4, -0.2) is 0 Å².